The number of piperazine rings is 2. The largest absolute Gasteiger partial charge is 0.494 e. The second kappa shape index (κ2) is 35.6. The van der Waals surface area contributed by atoms with Crippen LogP contribution in [0.2, 0.25) is 0 Å². The third kappa shape index (κ3) is 18.7. The molecule has 3 aliphatic heterocycles. The summed E-state index contributed by atoms with van der Waals surface area (Å²) in [4.78, 5) is 65.4. The maximum absolute atomic E-state index is 13.5. The predicted molar refractivity (Wildman–Crippen MR) is 437 cm³/mol. The van der Waals surface area contributed by atoms with Crippen molar-refractivity contribution in [3.8, 4) is 11.8 Å². The molecule has 108 heavy (non-hydrogen) atoms. The zero-order valence-corrected chi connectivity index (χ0v) is 62.2. The second-order valence-electron chi connectivity index (χ2n) is 28.2. The highest BCUT2D eigenvalue weighted by molar-refractivity contribution is 6.23. The van der Waals surface area contributed by atoms with E-state index in [2.05, 4.69) is 115 Å². The Hall–Kier alpha value is -11.7. The maximum Gasteiger partial charge on any atom is 0.251 e. The Bertz CT molecular complexity index is 5090. The van der Waals surface area contributed by atoms with E-state index in [1.165, 1.54) is 16.7 Å². The van der Waals surface area contributed by atoms with Gasteiger partial charge in [0, 0.05) is 127 Å². The van der Waals surface area contributed by atoms with Gasteiger partial charge >= 0.3 is 0 Å². The summed E-state index contributed by atoms with van der Waals surface area (Å²) in [5.41, 5.74) is 17.0. The molecule has 550 valence electrons. The minimum Gasteiger partial charge on any atom is -0.494 e. The lowest BCUT2D eigenvalue weighted by molar-refractivity contribution is 0.0927. The Labute approximate surface area is 633 Å². The van der Waals surface area contributed by atoms with Gasteiger partial charge in [0.15, 0.2) is 11.8 Å². The number of hydrogen-bond acceptors (Lipinski definition) is 12. The van der Waals surface area contributed by atoms with Crippen LogP contribution in [-0.2, 0) is 19.5 Å². The van der Waals surface area contributed by atoms with Crippen LogP contribution < -0.4 is 21.3 Å². The Morgan fingerprint density at radius 2 is 0.815 bits per heavy atom. The summed E-state index contributed by atoms with van der Waals surface area (Å²) in [5, 5.41) is 36.6. The number of rotatable bonds is 21. The zero-order chi connectivity index (χ0) is 74.9. The highest BCUT2D eigenvalue weighted by Gasteiger charge is 2.26. The van der Waals surface area contributed by atoms with Crippen LogP contribution in [0, 0.1) is 0 Å². The van der Waals surface area contributed by atoms with Crippen molar-refractivity contribution in [2.24, 2.45) is 9.98 Å². The third-order valence-electron chi connectivity index (χ3n) is 20.5. The lowest BCUT2D eigenvalue weighted by Crippen LogP contribution is -2.43. The molecule has 17 heteroatoms. The van der Waals surface area contributed by atoms with Gasteiger partial charge in [-0.1, -0.05) is 196 Å². The molecule has 2 saturated heterocycles. The highest BCUT2D eigenvalue weighted by atomic mass is 16.3. The third-order valence-corrected chi connectivity index (χ3v) is 20.5. The van der Waals surface area contributed by atoms with Crippen molar-refractivity contribution in [2.45, 2.75) is 71.2 Å². The summed E-state index contributed by atoms with van der Waals surface area (Å²) in [6.45, 7) is 17.3. The minimum atomic E-state index is -0.181. The van der Waals surface area contributed by atoms with Gasteiger partial charge in [-0.3, -0.25) is 24.2 Å². The molecule has 3 amide bonds. The van der Waals surface area contributed by atoms with Crippen LogP contribution in [0.25, 0.3) is 21.8 Å². The Morgan fingerprint density at radius 3 is 1.24 bits per heavy atom. The first-order chi connectivity index (χ1) is 52.7. The van der Waals surface area contributed by atoms with E-state index in [1.54, 1.807) is 12.1 Å². The summed E-state index contributed by atoms with van der Waals surface area (Å²) in [6.07, 6.45) is 2.69. The molecule has 0 radical (unpaired) electrons. The van der Waals surface area contributed by atoms with E-state index in [-0.39, 0.29) is 47.6 Å². The second-order valence-corrected chi connectivity index (χ2v) is 28.2. The fourth-order valence-corrected chi connectivity index (χ4v) is 14.3. The van der Waals surface area contributed by atoms with Crippen molar-refractivity contribution < 1.29 is 24.6 Å². The first-order valence-corrected chi connectivity index (χ1v) is 37.6. The monoisotopic (exact) mass is 1440 g/mol. The van der Waals surface area contributed by atoms with Crippen molar-refractivity contribution in [2.75, 3.05) is 78.3 Å². The van der Waals surface area contributed by atoms with Crippen LogP contribution in [0.15, 0.2) is 265 Å². The van der Waals surface area contributed by atoms with Gasteiger partial charge in [-0.2, -0.15) is 0 Å². The molecule has 3 atom stereocenters. The molecule has 0 spiro atoms. The molecule has 2 fully saturated rings. The molecular formula is C91H96N12O5. The highest BCUT2D eigenvalue weighted by Crippen LogP contribution is 2.36. The summed E-state index contributed by atoms with van der Waals surface area (Å²) < 4.78 is 0. The number of aromatic amines is 2. The molecule has 3 aliphatic rings. The number of likely N-dealkylation sites (N-methyl/N-ethyl adjacent to an activating group) is 2. The van der Waals surface area contributed by atoms with E-state index < -0.39 is 0 Å². The number of aromatic hydroxyl groups is 2. The average molecular weight is 1440 g/mol. The molecule has 2 aromatic heterocycles. The standard InChI is InChI=1S/C37H39N5O2.C36H37N5O2.C18H20N2O/c1-3-32(27-12-6-4-7-13-27)39-36(43)29-17-18-33-31(24-29)34(37(44)40-33)35(28-14-8-5-9-15-28)38-30-16-10-11-26(23-30)25-42-21-19-41(2)20-22-42;1-25(27-11-5-3-6-12-27)37-35(42)29-16-17-32-31(23-29)33(36(43)39-32)34(28-13-7-4-8-14-28)38-30-15-9-10-26(22-30)24-41-20-18-40(2)19-21-41;1-2-16(13-6-4-3-5-7-13)20-18(21)15-9-8-14-10-11-19-17(14)12-15/h4-18,23-24,32,40,44H,3,19-22,25H2,1-2H3,(H,39,43);3-17,22-23,25,39,43H,18-21,24H2,1-2H3,(H,37,42);3-9,12,16,19H,2,10-11H2,1H3,(H,20,21)/t32-;25-;16-/m111/s1. The zero-order valence-electron chi connectivity index (χ0n) is 62.2. The number of aromatic nitrogens is 2. The first-order valence-electron chi connectivity index (χ1n) is 37.6. The van der Waals surface area contributed by atoms with Crippen molar-refractivity contribution in [3.05, 3.63) is 327 Å². The van der Waals surface area contributed by atoms with Crippen molar-refractivity contribution in [1.29, 1.82) is 0 Å². The molecule has 0 saturated carbocycles. The van der Waals surface area contributed by atoms with Gasteiger partial charge < -0.3 is 51.2 Å². The summed E-state index contributed by atoms with van der Waals surface area (Å²) in [5.74, 6) is -0.322. The lowest BCUT2D eigenvalue weighted by atomic mass is 9.99. The van der Waals surface area contributed by atoms with Gasteiger partial charge in [0.25, 0.3) is 17.7 Å². The smallest absolute Gasteiger partial charge is 0.251 e. The number of aliphatic imine (C=N–C) groups is 2. The van der Waals surface area contributed by atoms with Crippen LogP contribution in [0.1, 0.15) is 138 Å². The molecular weight excluding hydrogens is 1340 g/mol. The van der Waals surface area contributed by atoms with Gasteiger partial charge in [0.2, 0.25) is 0 Å². The van der Waals surface area contributed by atoms with Gasteiger partial charge in [-0.15, -0.1) is 0 Å². The number of benzene rings is 10. The Balaban J connectivity index is 0.000000152. The number of hydrogen-bond donors (Lipinski definition) is 8. The van der Waals surface area contributed by atoms with E-state index in [1.807, 2.05) is 213 Å². The van der Waals surface area contributed by atoms with Gasteiger partial charge in [-0.25, -0.2) is 9.98 Å². The molecule has 8 N–H and O–H groups in total. The SMILES string of the molecule is CC[C@@H](NC(=O)c1ccc2[nH]c(O)c(C(=Nc3cccc(CN4CCN(C)CC4)c3)c3ccccc3)c2c1)c1ccccc1.CC[C@@H](NC(=O)c1ccc2c(c1)NCC2)c1ccccc1.C[C@@H](NC(=O)c1ccc2[nH]c(O)c(C(=Nc3cccc(CN4CCN(C)CC4)c3)c3ccccc3)c2c1)c1ccccc1. The van der Waals surface area contributed by atoms with Crippen molar-refractivity contribution >= 4 is 68.0 Å². The number of carbonyl (C=O) groups excluding carboxylic acids is 3. The fraction of sp³-hybridized carbons (Fsp3) is 0.242. The summed E-state index contributed by atoms with van der Waals surface area (Å²) in [7, 11) is 4.33. The Morgan fingerprint density at radius 1 is 0.426 bits per heavy atom. The van der Waals surface area contributed by atoms with Crippen LogP contribution >= 0.6 is 0 Å². The molecule has 12 aromatic rings. The van der Waals surface area contributed by atoms with Crippen LogP contribution in [0.5, 0.6) is 11.8 Å². The molecule has 15 rings (SSSR count). The molecule has 0 bridgehead atoms. The van der Waals surface area contributed by atoms with Gasteiger partial charge in [0.1, 0.15) is 0 Å². The number of nitrogens with one attached hydrogen (secondary N) is 6. The molecule has 17 nitrogen and oxygen atoms in total. The van der Waals surface area contributed by atoms with E-state index in [9.17, 15) is 24.6 Å². The first kappa shape index (κ1) is 74.5. The normalized spacial score (nSPS) is 15.2. The molecule has 10 aromatic carbocycles. The number of H-pyrrole nitrogens is 2. The number of fused-ring (bicyclic) bond motifs is 3. The Kier molecular flexibility index (Phi) is 24.6. The number of amides is 3. The quantitative estimate of drug-likeness (QED) is 0.0319. The predicted octanol–water partition coefficient (Wildman–Crippen LogP) is 16.5. The van der Waals surface area contributed by atoms with E-state index in [4.69, 9.17) is 9.98 Å². The van der Waals surface area contributed by atoms with Crippen LogP contribution in [-0.4, -0.2) is 142 Å². The molecule has 5 heterocycles. The number of anilines is 1. The van der Waals surface area contributed by atoms with E-state index >= 15 is 0 Å². The number of nitrogens with zero attached hydrogens (tertiary/aromatic N) is 6. The van der Waals surface area contributed by atoms with Crippen LogP contribution in [0.3, 0.4) is 0 Å². The van der Waals surface area contributed by atoms with E-state index in [0.29, 0.717) is 33.7 Å². The van der Waals surface area contributed by atoms with Crippen LogP contribution in [0.4, 0.5) is 17.1 Å². The van der Waals surface area contributed by atoms with Gasteiger partial charge in [0.05, 0.1) is 52.1 Å². The topological polar surface area (TPSA) is 209 Å². The summed E-state index contributed by atoms with van der Waals surface area (Å²) >= 11 is 0. The molecule has 0 unspecified atom stereocenters. The van der Waals surface area contributed by atoms with Gasteiger partial charge in [-0.05, 0) is 146 Å². The van der Waals surface area contributed by atoms with Crippen molar-refractivity contribution in [1.82, 2.24) is 45.5 Å². The average Bonchev–Trinajstić information content (AvgIpc) is 1.62. The minimum absolute atomic E-state index is 0.0118. The van der Waals surface area contributed by atoms with E-state index in [0.717, 1.165) is 164 Å². The lowest BCUT2D eigenvalue weighted by Gasteiger charge is -2.32. The fourth-order valence-electron chi connectivity index (χ4n) is 14.3. The maximum atomic E-state index is 13.5. The number of carbonyl (C=O) groups is 3. The summed E-state index contributed by atoms with van der Waals surface area (Å²) in [6, 6.07) is 83.0. The van der Waals surface area contributed by atoms with Crippen molar-refractivity contribution in [3.63, 3.8) is 0 Å². The molecule has 0 aliphatic carbocycles.